The third kappa shape index (κ3) is 1.99. The number of carbonyl (C=O) groups is 2. The molecule has 0 aromatic rings. The van der Waals surface area contributed by atoms with Gasteiger partial charge in [0.15, 0.2) is 5.76 Å². The first-order valence-corrected chi connectivity index (χ1v) is 5.11. The smallest absolute Gasteiger partial charge is 0.222 e. The molecule has 86 valence electrons. The van der Waals surface area contributed by atoms with E-state index in [4.69, 9.17) is 9.47 Å². The van der Waals surface area contributed by atoms with Gasteiger partial charge in [0.1, 0.15) is 0 Å². The zero-order valence-electron chi connectivity index (χ0n) is 9.06. The van der Waals surface area contributed by atoms with Crippen LogP contribution < -0.4 is 0 Å². The van der Waals surface area contributed by atoms with Gasteiger partial charge in [-0.05, 0) is 0 Å². The number of rotatable bonds is 2. The Labute approximate surface area is 93.3 Å². The zero-order chi connectivity index (χ0) is 11.5. The number of carbonyl (C=O) groups excluding carboxylic acids is 2. The van der Waals surface area contributed by atoms with Gasteiger partial charge >= 0.3 is 0 Å². The molecule has 1 aliphatic carbocycles. The van der Waals surface area contributed by atoms with Gasteiger partial charge in [-0.15, -0.1) is 0 Å². The van der Waals surface area contributed by atoms with Crippen LogP contribution in [0.25, 0.3) is 0 Å². The number of hydrogen-bond donors (Lipinski definition) is 0. The summed E-state index contributed by atoms with van der Waals surface area (Å²) < 4.78 is 10.0. The number of ketones is 2. The van der Waals surface area contributed by atoms with Gasteiger partial charge in [0.25, 0.3) is 0 Å². The van der Waals surface area contributed by atoms with Gasteiger partial charge in [-0.2, -0.15) is 0 Å². The second kappa shape index (κ2) is 4.49. The van der Waals surface area contributed by atoms with Gasteiger partial charge in [-0.25, -0.2) is 0 Å². The van der Waals surface area contributed by atoms with Crippen molar-refractivity contribution in [2.45, 2.75) is 0 Å². The second-order valence-corrected chi connectivity index (χ2v) is 3.57. The van der Waals surface area contributed by atoms with Crippen LogP contribution in [0.3, 0.4) is 0 Å². The van der Waals surface area contributed by atoms with Crippen molar-refractivity contribution >= 4 is 11.6 Å². The summed E-state index contributed by atoms with van der Waals surface area (Å²) in [5.74, 6) is -0.344. The number of hydrogen-bond acceptors (Lipinski definition) is 5. The van der Waals surface area contributed by atoms with Crippen LogP contribution in [-0.2, 0) is 19.1 Å². The maximum Gasteiger partial charge on any atom is 0.222 e. The van der Waals surface area contributed by atoms with Crippen LogP contribution >= 0.6 is 0 Å². The minimum Gasteiger partial charge on any atom is -0.493 e. The highest BCUT2D eigenvalue weighted by Gasteiger charge is 2.25. The number of allylic oxidation sites excluding steroid dienone is 2. The lowest BCUT2D eigenvalue weighted by Gasteiger charge is -2.30. The van der Waals surface area contributed by atoms with Gasteiger partial charge in [0.2, 0.25) is 11.6 Å². The van der Waals surface area contributed by atoms with Crippen LogP contribution in [0, 0.1) is 0 Å². The molecule has 0 amide bonds. The molecule has 1 fully saturated rings. The molecular weight excluding hydrogens is 210 g/mol. The van der Waals surface area contributed by atoms with E-state index in [0.717, 1.165) is 0 Å². The van der Waals surface area contributed by atoms with E-state index >= 15 is 0 Å². The van der Waals surface area contributed by atoms with Crippen LogP contribution in [0.2, 0.25) is 0 Å². The highest BCUT2D eigenvalue weighted by atomic mass is 16.5. The van der Waals surface area contributed by atoms with Gasteiger partial charge in [0, 0.05) is 25.2 Å². The standard InChI is InChI=1S/C11H13NO4/c1-15-11-7-9(13)8(6-10(11)14)12-2-4-16-5-3-12/h6-7H,2-5H2,1H3. The summed E-state index contributed by atoms with van der Waals surface area (Å²) in [5.41, 5.74) is 0.439. The molecule has 5 heteroatoms. The lowest BCUT2D eigenvalue weighted by Crippen LogP contribution is -2.39. The summed E-state index contributed by atoms with van der Waals surface area (Å²) in [5, 5.41) is 0. The van der Waals surface area contributed by atoms with E-state index in [1.807, 2.05) is 4.90 Å². The van der Waals surface area contributed by atoms with Crippen molar-refractivity contribution in [1.29, 1.82) is 0 Å². The van der Waals surface area contributed by atoms with Crippen LogP contribution in [0.4, 0.5) is 0 Å². The molecule has 16 heavy (non-hydrogen) atoms. The van der Waals surface area contributed by atoms with E-state index in [0.29, 0.717) is 32.0 Å². The summed E-state index contributed by atoms with van der Waals surface area (Å²) in [7, 11) is 1.38. The molecule has 1 heterocycles. The lowest BCUT2D eigenvalue weighted by atomic mass is 10.1. The SMILES string of the molecule is COC1=CC(=O)C(N2CCOCC2)=CC1=O. The third-order valence-corrected chi connectivity index (χ3v) is 2.60. The summed E-state index contributed by atoms with van der Waals surface area (Å²) in [4.78, 5) is 25.2. The lowest BCUT2D eigenvalue weighted by molar-refractivity contribution is -0.118. The molecule has 0 bridgehead atoms. The highest BCUT2D eigenvalue weighted by molar-refractivity contribution is 6.18. The Morgan fingerprint density at radius 1 is 1.19 bits per heavy atom. The predicted molar refractivity (Wildman–Crippen MR) is 55.6 cm³/mol. The van der Waals surface area contributed by atoms with Crippen molar-refractivity contribution < 1.29 is 19.1 Å². The number of methoxy groups -OCH3 is 1. The molecule has 0 unspecified atom stereocenters. The van der Waals surface area contributed by atoms with Crippen LogP contribution in [0.5, 0.6) is 0 Å². The van der Waals surface area contributed by atoms with Crippen molar-refractivity contribution in [2.75, 3.05) is 33.4 Å². The van der Waals surface area contributed by atoms with Gasteiger partial charge in [-0.3, -0.25) is 9.59 Å². The highest BCUT2D eigenvalue weighted by Crippen LogP contribution is 2.17. The molecule has 1 aliphatic heterocycles. The molecule has 1 saturated heterocycles. The fourth-order valence-electron chi connectivity index (χ4n) is 1.74. The van der Waals surface area contributed by atoms with Crippen LogP contribution in [0.15, 0.2) is 23.6 Å². The number of morpholine rings is 1. The summed E-state index contributed by atoms with van der Waals surface area (Å²) in [6.45, 7) is 2.45. The van der Waals surface area contributed by atoms with Crippen molar-refractivity contribution in [3.05, 3.63) is 23.6 Å². The number of nitrogens with zero attached hydrogens (tertiary/aromatic N) is 1. The molecule has 5 nitrogen and oxygen atoms in total. The molecule has 0 atom stereocenters. The van der Waals surface area contributed by atoms with Gasteiger partial charge in [0.05, 0.1) is 26.0 Å². The minimum atomic E-state index is -0.261. The molecule has 0 aromatic carbocycles. The molecule has 0 N–H and O–H groups in total. The van der Waals surface area contributed by atoms with E-state index in [1.165, 1.54) is 19.3 Å². The first kappa shape index (κ1) is 10.9. The first-order valence-electron chi connectivity index (χ1n) is 5.11. The quantitative estimate of drug-likeness (QED) is 0.611. The first-order chi connectivity index (χ1) is 7.72. The normalized spacial score (nSPS) is 21.7. The van der Waals surface area contributed by atoms with Crippen LogP contribution in [0.1, 0.15) is 0 Å². The molecule has 0 aromatic heterocycles. The average Bonchev–Trinajstić information content (AvgIpc) is 2.32. The van der Waals surface area contributed by atoms with E-state index < -0.39 is 0 Å². The van der Waals surface area contributed by atoms with Crippen LogP contribution in [-0.4, -0.2) is 49.9 Å². The zero-order valence-corrected chi connectivity index (χ0v) is 9.06. The molecular formula is C11H13NO4. The Bertz CT molecular complexity index is 377. The minimum absolute atomic E-state index is 0.0991. The van der Waals surface area contributed by atoms with Crippen molar-refractivity contribution in [3.63, 3.8) is 0 Å². The maximum atomic E-state index is 11.7. The topological polar surface area (TPSA) is 55.8 Å². The van der Waals surface area contributed by atoms with Crippen molar-refractivity contribution in [1.82, 2.24) is 4.90 Å². The van der Waals surface area contributed by atoms with E-state index in [1.54, 1.807) is 0 Å². The molecule has 0 saturated carbocycles. The molecule has 2 aliphatic rings. The Morgan fingerprint density at radius 2 is 1.88 bits per heavy atom. The van der Waals surface area contributed by atoms with E-state index in [-0.39, 0.29) is 17.3 Å². The summed E-state index contributed by atoms with van der Waals surface area (Å²) in [6.07, 6.45) is 2.58. The van der Waals surface area contributed by atoms with Crippen molar-refractivity contribution in [3.8, 4) is 0 Å². The molecule has 0 radical (unpaired) electrons. The largest absolute Gasteiger partial charge is 0.493 e. The summed E-state index contributed by atoms with van der Waals surface area (Å²) >= 11 is 0. The fourth-order valence-corrected chi connectivity index (χ4v) is 1.74. The average molecular weight is 223 g/mol. The van der Waals surface area contributed by atoms with Crippen molar-refractivity contribution in [2.24, 2.45) is 0 Å². The summed E-state index contributed by atoms with van der Waals surface area (Å²) in [6, 6.07) is 0. The van der Waals surface area contributed by atoms with Gasteiger partial charge in [-0.1, -0.05) is 0 Å². The Kier molecular flexibility index (Phi) is 3.05. The molecule has 2 rings (SSSR count). The Morgan fingerprint density at radius 3 is 2.50 bits per heavy atom. The second-order valence-electron chi connectivity index (χ2n) is 3.57. The maximum absolute atomic E-state index is 11.7. The third-order valence-electron chi connectivity index (χ3n) is 2.60. The molecule has 0 spiro atoms. The fraction of sp³-hybridized carbons (Fsp3) is 0.455. The van der Waals surface area contributed by atoms with E-state index in [9.17, 15) is 9.59 Å². The number of ether oxygens (including phenoxy) is 2. The Hall–Kier alpha value is -1.62. The monoisotopic (exact) mass is 223 g/mol. The Balaban J connectivity index is 2.17. The predicted octanol–water partition coefficient (Wildman–Crippen LogP) is -0.115. The van der Waals surface area contributed by atoms with Gasteiger partial charge < -0.3 is 14.4 Å². The van der Waals surface area contributed by atoms with E-state index in [2.05, 4.69) is 0 Å².